The molecule has 0 aliphatic heterocycles. The lowest BCUT2D eigenvalue weighted by atomic mass is 10.2. The average Bonchev–Trinajstić information content (AvgIpc) is 3.42. The van der Waals surface area contributed by atoms with Gasteiger partial charge in [0.25, 0.3) is 0 Å². The van der Waals surface area contributed by atoms with Crippen molar-refractivity contribution >= 4 is 27.9 Å². The maximum Gasteiger partial charge on any atom is 0.158 e. The van der Waals surface area contributed by atoms with E-state index in [9.17, 15) is 9.50 Å². The van der Waals surface area contributed by atoms with Crippen molar-refractivity contribution in [2.75, 3.05) is 11.9 Å². The van der Waals surface area contributed by atoms with E-state index in [1.165, 1.54) is 18.5 Å². The van der Waals surface area contributed by atoms with Crippen LogP contribution in [0.5, 0.6) is 0 Å². The Morgan fingerprint density at radius 3 is 2.88 bits per heavy atom. The van der Waals surface area contributed by atoms with Gasteiger partial charge in [-0.15, -0.1) is 0 Å². The topological polar surface area (TPSA) is 92.3 Å². The SMILES string of the molecule is C[C@H](CO)NCc1ccn2ncnc(Nc3ccc4c(cnn4Cc4cccc(F)c4)c3)c12. The van der Waals surface area contributed by atoms with Crippen LogP contribution in [-0.4, -0.2) is 42.1 Å². The van der Waals surface area contributed by atoms with Gasteiger partial charge >= 0.3 is 0 Å². The molecule has 8 nitrogen and oxygen atoms in total. The molecule has 2 aromatic carbocycles. The summed E-state index contributed by atoms with van der Waals surface area (Å²) in [5, 5.41) is 25.7. The molecule has 0 aliphatic rings. The summed E-state index contributed by atoms with van der Waals surface area (Å²) in [6.45, 7) is 3.08. The van der Waals surface area contributed by atoms with Gasteiger partial charge in [-0.3, -0.25) is 4.68 Å². The van der Waals surface area contributed by atoms with E-state index in [1.54, 1.807) is 16.8 Å². The van der Waals surface area contributed by atoms with Crippen LogP contribution in [0.3, 0.4) is 0 Å². The minimum atomic E-state index is -0.252. The Bertz CT molecular complexity index is 1410. The first kappa shape index (κ1) is 21.0. The van der Waals surface area contributed by atoms with E-state index in [1.807, 2.05) is 48.1 Å². The van der Waals surface area contributed by atoms with Gasteiger partial charge in [-0.05, 0) is 54.4 Å². The van der Waals surface area contributed by atoms with E-state index >= 15 is 0 Å². The van der Waals surface area contributed by atoms with Crippen molar-refractivity contribution in [3.05, 3.63) is 84.2 Å². The molecular weight excluding hydrogens is 421 g/mol. The molecular formula is C24H24FN7O. The van der Waals surface area contributed by atoms with Crippen LogP contribution >= 0.6 is 0 Å². The Morgan fingerprint density at radius 2 is 2.03 bits per heavy atom. The molecule has 5 aromatic rings. The Morgan fingerprint density at radius 1 is 1.12 bits per heavy atom. The van der Waals surface area contributed by atoms with Crippen molar-refractivity contribution < 1.29 is 9.50 Å². The smallest absolute Gasteiger partial charge is 0.158 e. The van der Waals surface area contributed by atoms with Crippen molar-refractivity contribution in [3.63, 3.8) is 0 Å². The zero-order valence-corrected chi connectivity index (χ0v) is 18.1. The zero-order chi connectivity index (χ0) is 22.8. The lowest BCUT2D eigenvalue weighted by Gasteiger charge is -2.12. The number of nitrogens with one attached hydrogen (secondary N) is 2. The average molecular weight is 446 g/mol. The van der Waals surface area contributed by atoms with Crippen molar-refractivity contribution in [1.29, 1.82) is 0 Å². The molecule has 5 rings (SSSR count). The van der Waals surface area contributed by atoms with Crippen LogP contribution in [0.1, 0.15) is 18.1 Å². The highest BCUT2D eigenvalue weighted by molar-refractivity contribution is 5.85. The van der Waals surface area contributed by atoms with E-state index in [0.717, 1.165) is 33.2 Å². The van der Waals surface area contributed by atoms with Gasteiger partial charge in [0.1, 0.15) is 17.7 Å². The maximum atomic E-state index is 13.5. The summed E-state index contributed by atoms with van der Waals surface area (Å²) in [5.74, 6) is 0.437. The molecule has 0 spiro atoms. The van der Waals surface area contributed by atoms with E-state index in [4.69, 9.17) is 0 Å². The zero-order valence-electron chi connectivity index (χ0n) is 18.1. The summed E-state index contributed by atoms with van der Waals surface area (Å²) in [7, 11) is 0. The molecule has 0 bridgehead atoms. The quantitative estimate of drug-likeness (QED) is 0.339. The molecule has 0 unspecified atom stereocenters. The third-order valence-corrected chi connectivity index (χ3v) is 5.58. The number of benzene rings is 2. The van der Waals surface area contributed by atoms with Crippen molar-refractivity contribution in [2.45, 2.75) is 26.1 Å². The largest absolute Gasteiger partial charge is 0.395 e. The highest BCUT2D eigenvalue weighted by atomic mass is 19.1. The number of aliphatic hydroxyl groups is 1. The second-order valence-corrected chi connectivity index (χ2v) is 8.04. The van der Waals surface area contributed by atoms with E-state index < -0.39 is 0 Å². The molecule has 9 heteroatoms. The molecule has 0 saturated carbocycles. The van der Waals surface area contributed by atoms with Gasteiger partial charge in [0.2, 0.25) is 0 Å². The molecule has 0 amide bonds. The first-order valence-electron chi connectivity index (χ1n) is 10.7. The Labute approximate surface area is 189 Å². The summed E-state index contributed by atoms with van der Waals surface area (Å²) in [6.07, 6.45) is 5.21. The summed E-state index contributed by atoms with van der Waals surface area (Å²) >= 11 is 0. The second kappa shape index (κ2) is 8.97. The third kappa shape index (κ3) is 4.41. The number of fused-ring (bicyclic) bond motifs is 2. The van der Waals surface area contributed by atoms with Crippen LogP contribution in [0.25, 0.3) is 16.4 Å². The number of halogens is 1. The summed E-state index contributed by atoms with van der Waals surface area (Å²) < 4.78 is 17.2. The fraction of sp³-hybridized carbons (Fsp3) is 0.208. The second-order valence-electron chi connectivity index (χ2n) is 8.04. The first-order chi connectivity index (χ1) is 16.1. The Kier molecular flexibility index (Phi) is 5.72. The summed E-state index contributed by atoms with van der Waals surface area (Å²) in [6, 6.07) is 14.5. The van der Waals surface area contributed by atoms with Gasteiger partial charge in [0.15, 0.2) is 5.82 Å². The molecule has 3 heterocycles. The Hall–Kier alpha value is -3.82. The maximum absolute atomic E-state index is 13.5. The normalized spacial score (nSPS) is 12.5. The predicted molar refractivity (Wildman–Crippen MR) is 125 cm³/mol. The van der Waals surface area contributed by atoms with Crippen LogP contribution in [-0.2, 0) is 13.1 Å². The van der Waals surface area contributed by atoms with Crippen LogP contribution in [0.4, 0.5) is 15.9 Å². The summed E-state index contributed by atoms with van der Waals surface area (Å²) in [4.78, 5) is 4.46. The highest BCUT2D eigenvalue weighted by Crippen LogP contribution is 2.26. The molecule has 1 atom stereocenters. The molecule has 0 aliphatic carbocycles. The molecule has 3 N–H and O–H groups in total. The minimum Gasteiger partial charge on any atom is -0.395 e. The number of aromatic nitrogens is 5. The van der Waals surface area contributed by atoms with E-state index in [2.05, 4.69) is 25.8 Å². The van der Waals surface area contributed by atoms with Gasteiger partial charge < -0.3 is 15.7 Å². The molecule has 0 radical (unpaired) electrons. The number of rotatable bonds is 8. The molecule has 33 heavy (non-hydrogen) atoms. The minimum absolute atomic E-state index is 0.00712. The number of anilines is 2. The lowest BCUT2D eigenvalue weighted by molar-refractivity contribution is 0.251. The number of aliphatic hydroxyl groups excluding tert-OH is 1. The van der Waals surface area contributed by atoms with Crippen LogP contribution in [0.15, 0.2) is 67.3 Å². The molecule has 3 aromatic heterocycles. The number of hydrogen-bond donors (Lipinski definition) is 3. The first-order valence-corrected chi connectivity index (χ1v) is 10.7. The fourth-order valence-electron chi connectivity index (χ4n) is 3.84. The van der Waals surface area contributed by atoms with Crippen LogP contribution in [0, 0.1) is 5.82 Å². The van der Waals surface area contributed by atoms with Gasteiger partial charge in [-0.2, -0.15) is 10.2 Å². The lowest BCUT2D eigenvalue weighted by Crippen LogP contribution is -2.28. The van der Waals surface area contributed by atoms with E-state index in [0.29, 0.717) is 18.9 Å². The van der Waals surface area contributed by atoms with E-state index in [-0.39, 0.29) is 18.5 Å². The van der Waals surface area contributed by atoms with Crippen molar-refractivity contribution in [3.8, 4) is 0 Å². The van der Waals surface area contributed by atoms with Gasteiger partial charge in [0.05, 0.1) is 24.9 Å². The molecule has 0 saturated heterocycles. The van der Waals surface area contributed by atoms with Gasteiger partial charge in [0, 0.05) is 29.9 Å². The fourth-order valence-corrected chi connectivity index (χ4v) is 3.84. The van der Waals surface area contributed by atoms with Gasteiger partial charge in [-0.1, -0.05) is 12.1 Å². The van der Waals surface area contributed by atoms with Crippen LogP contribution < -0.4 is 10.6 Å². The van der Waals surface area contributed by atoms with Crippen molar-refractivity contribution in [1.82, 2.24) is 29.7 Å². The molecule has 0 fully saturated rings. The molecule has 168 valence electrons. The standard InChI is InChI=1S/C24H24FN7O/c1-16(14-33)26-11-18-7-8-31-23(18)24(27-15-29-31)30-21-5-6-22-19(10-21)12-28-32(22)13-17-3-2-4-20(25)9-17/h2-10,12,15-16,26,33H,11,13-14H2,1H3,(H,27,29,30)/t16-/m1/s1. The Balaban J connectivity index is 1.41. The van der Waals surface area contributed by atoms with Crippen molar-refractivity contribution in [2.24, 2.45) is 0 Å². The third-order valence-electron chi connectivity index (χ3n) is 5.58. The number of hydrogen-bond acceptors (Lipinski definition) is 6. The predicted octanol–water partition coefficient (Wildman–Crippen LogP) is 3.48. The monoisotopic (exact) mass is 445 g/mol. The number of nitrogens with zero attached hydrogens (tertiary/aromatic N) is 5. The summed E-state index contributed by atoms with van der Waals surface area (Å²) in [5.41, 5.74) is 4.59. The van der Waals surface area contributed by atoms with Gasteiger partial charge in [-0.25, -0.2) is 13.9 Å². The van der Waals surface area contributed by atoms with Crippen LogP contribution in [0.2, 0.25) is 0 Å². The highest BCUT2D eigenvalue weighted by Gasteiger charge is 2.12.